The molecule has 0 aliphatic heterocycles. The van der Waals surface area contributed by atoms with Gasteiger partial charge in [0.05, 0.1) is 5.52 Å². The molecule has 0 radical (unpaired) electrons. The Bertz CT molecular complexity index is 398. The maximum atomic E-state index is 9.08. The van der Waals surface area contributed by atoms with E-state index < -0.39 is 0 Å². The van der Waals surface area contributed by atoms with Crippen LogP contribution >= 0.6 is 12.4 Å². The van der Waals surface area contributed by atoms with Crippen molar-refractivity contribution in [2.24, 2.45) is 0 Å². The van der Waals surface area contributed by atoms with Crippen LogP contribution in [0, 0.1) is 0 Å². The number of benzene rings is 1. The van der Waals surface area contributed by atoms with Crippen LogP contribution in [0.2, 0.25) is 0 Å². The second-order valence-corrected chi connectivity index (χ2v) is 2.34. The third-order valence-corrected chi connectivity index (χ3v) is 1.58. The lowest BCUT2D eigenvalue weighted by Gasteiger charge is -1.90. The number of nitrogen functional groups attached to an aromatic ring is 1. The zero-order valence-corrected chi connectivity index (χ0v) is 6.93. The number of rotatable bonds is 0. The van der Waals surface area contributed by atoms with Crippen molar-refractivity contribution in [3.8, 4) is 5.75 Å². The van der Waals surface area contributed by atoms with Crippen molar-refractivity contribution in [3.05, 3.63) is 18.2 Å². The molecule has 0 spiro atoms. The van der Waals surface area contributed by atoms with Gasteiger partial charge in [0.15, 0.2) is 5.82 Å². The van der Waals surface area contributed by atoms with E-state index in [2.05, 4.69) is 10.2 Å². The number of fused-ring (bicyclic) bond motifs is 1. The van der Waals surface area contributed by atoms with Crippen LogP contribution in [-0.4, -0.2) is 15.3 Å². The standard InChI is InChI=1S/C7H7N3O.ClH/c8-7-5-3-4(11)1-2-6(5)9-10-7;/h1-3,11H,(H3,8,9,10);1H. The van der Waals surface area contributed by atoms with Crippen LogP contribution in [0.15, 0.2) is 18.2 Å². The number of nitrogens with one attached hydrogen (secondary N) is 1. The van der Waals surface area contributed by atoms with Gasteiger partial charge in [-0.25, -0.2) is 0 Å². The number of halogens is 1. The predicted molar refractivity (Wildman–Crippen MR) is 49.4 cm³/mol. The second-order valence-electron chi connectivity index (χ2n) is 2.34. The molecule has 2 rings (SSSR count). The van der Waals surface area contributed by atoms with E-state index in [1.54, 1.807) is 18.2 Å². The third kappa shape index (κ3) is 1.16. The Morgan fingerprint density at radius 3 is 2.92 bits per heavy atom. The van der Waals surface area contributed by atoms with Crippen LogP contribution < -0.4 is 5.73 Å². The molecule has 2 aromatic rings. The van der Waals surface area contributed by atoms with Gasteiger partial charge in [0, 0.05) is 5.39 Å². The Labute approximate surface area is 74.8 Å². The molecule has 0 saturated carbocycles. The number of phenolic OH excluding ortho intramolecular Hbond substituents is 1. The summed E-state index contributed by atoms with van der Waals surface area (Å²) in [6.45, 7) is 0. The largest absolute Gasteiger partial charge is 0.508 e. The van der Waals surface area contributed by atoms with Gasteiger partial charge in [-0.3, -0.25) is 5.10 Å². The van der Waals surface area contributed by atoms with E-state index in [-0.39, 0.29) is 18.2 Å². The molecule has 12 heavy (non-hydrogen) atoms. The van der Waals surface area contributed by atoms with E-state index in [4.69, 9.17) is 10.8 Å². The molecule has 0 saturated heterocycles. The summed E-state index contributed by atoms with van der Waals surface area (Å²) < 4.78 is 0. The highest BCUT2D eigenvalue weighted by Crippen LogP contribution is 2.21. The highest BCUT2D eigenvalue weighted by molar-refractivity contribution is 5.89. The van der Waals surface area contributed by atoms with Crippen molar-refractivity contribution in [2.45, 2.75) is 0 Å². The minimum atomic E-state index is 0. The van der Waals surface area contributed by atoms with Crippen LogP contribution in [0.25, 0.3) is 10.9 Å². The van der Waals surface area contributed by atoms with Crippen LogP contribution in [-0.2, 0) is 0 Å². The maximum Gasteiger partial charge on any atom is 0.153 e. The molecule has 4 nitrogen and oxygen atoms in total. The number of aromatic nitrogens is 2. The van der Waals surface area contributed by atoms with Crippen molar-refractivity contribution in [1.82, 2.24) is 10.2 Å². The van der Waals surface area contributed by atoms with Crippen LogP contribution in [0.3, 0.4) is 0 Å². The van der Waals surface area contributed by atoms with Gasteiger partial charge in [0.25, 0.3) is 0 Å². The highest BCUT2D eigenvalue weighted by Gasteiger charge is 2.00. The first-order valence-electron chi connectivity index (χ1n) is 3.20. The lowest BCUT2D eigenvalue weighted by molar-refractivity contribution is 0.476. The Balaban J connectivity index is 0.000000720. The highest BCUT2D eigenvalue weighted by atomic mass is 35.5. The van der Waals surface area contributed by atoms with E-state index >= 15 is 0 Å². The van der Waals surface area contributed by atoms with Gasteiger partial charge in [-0.05, 0) is 18.2 Å². The SMILES string of the molecule is Cl.Nc1n[nH]c2ccc(O)cc12. The van der Waals surface area contributed by atoms with Crippen molar-refractivity contribution in [3.63, 3.8) is 0 Å². The molecular formula is C7H8ClN3O. The Kier molecular flexibility index (Phi) is 2.10. The van der Waals surface area contributed by atoms with Gasteiger partial charge in [-0.2, -0.15) is 5.10 Å². The second kappa shape index (κ2) is 2.91. The van der Waals surface area contributed by atoms with Gasteiger partial charge in [-0.1, -0.05) is 0 Å². The van der Waals surface area contributed by atoms with E-state index in [1.807, 2.05) is 0 Å². The van der Waals surface area contributed by atoms with Crippen molar-refractivity contribution >= 4 is 29.1 Å². The molecule has 0 amide bonds. The number of aromatic amines is 1. The summed E-state index contributed by atoms with van der Waals surface area (Å²) in [5.74, 6) is 0.613. The first kappa shape index (κ1) is 8.67. The topological polar surface area (TPSA) is 74.9 Å². The predicted octanol–water partition coefficient (Wildman–Crippen LogP) is 1.27. The molecule has 0 aliphatic carbocycles. The average Bonchev–Trinajstić information content (AvgIpc) is 2.33. The fraction of sp³-hybridized carbons (Fsp3) is 0. The summed E-state index contributed by atoms with van der Waals surface area (Å²) in [6.07, 6.45) is 0. The maximum absolute atomic E-state index is 9.08. The number of aromatic hydroxyl groups is 1. The Morgan fingerprint density at radius 2 is 2.17 bits per heavy atom. The van der Waals surface area contributed by atoms with Gasteiger partial charge in [0.2, 0.25) is 0 Å². The summed E-state index contributed by atoms with van der Waals surface area (Å²) in [5.41, 5.74) is 6.33. The lowest BCUT2D eigenvalue weighted by atomic mass is 10.2. The number of hydrogen-bond donors (Lipinski definition) is 3. The first-order valence-corrected chi connectivity index (χ1v) is 3.20. The van der Waals surface area contributed by atoms with E-state index in [0.717, 1.165) is 10.9 Å². The van der Waals surface area contributed by atoms with E-state index in [9.17, 15) is 0 Å². The summed E-state index contributed by atoms with van der Waals surface area (Å²) >= 11 is 0. The van der Waals surface area contributed by atoms with Crippen molar-refractivity contribution in [2.75, 3.05) is 5.73 Å². The molecule has 0 aliphatic rings. The minimum Gasteiger partial charge on any atom is -0.508 e. The molecule has 5 heteroatoms. The monoisotopic (exact) mass is 185 g/mol. The van der Waals surface area contributed by atoms with Gasteiger partial charge in [-0.15, -0.1) is 12.4 Å². The first-order chi connectivity index (χ1) is 5.27. The molecule has 64 valence electrons. The number of anilines is 1. The molecule has 1 aromatic carbocycles. The van der Waals surface area contributed by atoms with Gasteiger partial charge < -0.3 is 10.8 Å². The molecule has 0 unspecified atom stereocenters. The van der Waals surface area contributed by atoms with Gasteiger partial charge >= 0.3 is 0 Å². The summed E-state index contributed by atoms with van der Waals surface area (Å²) in [4.78, 5) is 0. The zero-order chi connectivity index (χ0) is 7.84. The fourth-order valence-corrected chi connectivity index (χ4v) is 1.02. The number of nitrogens with two attached hydrogens (primary N) is 1. The van der Waals surface area contributed by atoms with Crippen LogP contribution in [0.4, 0.5) is 5.82 Å². The summed E-state index contributed by atoms with van der Waals surface area (Å²) in [6, 6.07) is 4.89. The van der Waals surface area contributed by atoms with Crippen LogP contribution in [0.5, 0.6) is 5.75 Å². The van der Waals surface area contributed by atoms with E-state index in [1.165, 1.54) is 0 Å². The zero-order valence-electron chi connectivity index (χ0n) is 6.11. The molecule has 0 bridgehead atoms. The molecule has 4 N–H and O–H groups in total. The smallest absolute Gasteiger partial charge is 0.153 e. The lowest BCUT2D eigenvalue weighted by Crippen LogP contribution is -1.83. The molecular weight excluding hydrogens is 178 g/mol. The van der Waals surface area contributed by atoms with E-state index in [0.29, 0.717) is 5.82 Å². The fourth-order valence-electron chi connectivity index (χ4n) is 1.02. The quantitative estimate of drug-likeness (QED) is 0.579. The summed E-state index contributed by atoms with van der Waals surface area (Å²) in [7, 11) is 0. The average molecular weight is 186 g/mol. The minimum absolute atomic E-state index is 0. The molecule has 1 aromatic heterocycles. The molecule has 0 atom stereocenters. The van der Waals surface area contributed by atoms with Crippen molar-refractivity contribution < 1.29 is 5.11 Å². The number of H-pyrrole nitrogens is 1. The number of nitrogens with zero attached hydrogens (tertiary/aromatic N) is 1. The third-order valence-electron chi connectivity index (χ3n) is 1.58. The number of hydrogen-bond acceptors (Lipinski definition) is 3. The molecule has 1 heterocycles. The van der Waals surface area contributed by atoms with Crippen LogP contribution in [0.1, 0.15) is 0 Å². The Morgan fingerprint density at radius 1 is 1.42 bits per heavy atom. The van der Waals surface area contributed by atoms with Crippen molar-refractivity contribution in [1.29, 1.82) is 0 Å². The Hall–Kier alpha value is -1.42. The normalized spacial score (nSPS) is 9.67. The summed E-state index contributed by atoms with van der Waals surface area (Å²) in [5, 5.41) is 16.3. The number of phenols is 1. The molecule has 0 fully saturated rings. The van der Waals surface area contributed by atoms with Gasteiger partial charge in [0.1, 0.15) is 5.75 Å².